The van der Waals surface area contributed by atoms with Crippen LogP contribution in [0.5, 0.6) is 0 Å². The fraction of sp³-hybridized carbons (Fsp3) is 0.500. The van der Waals surface area contributed by atoms with Crippen molar-refractivity contribution < 1.29 is 4.79 Å². The smallest absolute Gasteiger partial charge is 0.255 e. The van der Waals surface area contributed by atoms with Crippen LogP contribution in [-0.4, -0.2) is 42.0 Å². The first-order valence-corrected chi connectivity index (χ1v) is 10.8. The maximum absolute atomic E-state index is 13.1. The van der Waals surface area contributed by atoms with Crippen molar-refractivity contribution in [1.82, 2.24) is 15.2 Å². The number of halogens is 2. The molecule has 0 bridgehead atoms. The molecule has 6 heteroatoms. The van der Waals surface area contributed by atoms with Gasteiger partial charge >= 0.3 is 0 Å². The minimum atomic E-state index is 0. The summed E-state index contributed by atoms with van der Waals surface area (Å²) in [6.07, 6.45) is 10.5. The molecule has 0 saturated carbocycles. The predicted molar refractivity (Wildman–Crippen MR) is 125 cm³/mol. The zero-order valence-electron chi connectivity index (χ0n) is 17.3. The average molecular weight is 448 g/mol. The Bertz CT molecular complexity index is 874. The van der Waals surface area contributed by atoms with E-state index in [1.165, 1.54) is 36.0 Å². The Morgan fingerprint density at radius 1 is 1.13 bits per heavy atom. The normalized spacial score (nSPS) is 21.6. The molecule has 0 radical (unpaired) electrons. The summed E-state index contributed by atoms with van der Waals surface area (Å²) in [7, 11) is 0. The third-order valence-electron chi connectivity index (χ3n) is 7.20. The SMILES string of the molecule is Cl.Cl.O=C(c1cncc(CC2CCNC2)c1)N1CCC2(CCc3ccccc32)CC1. The molecule has 1 unspecified atom stereocenters. The summed E-state index contributed by atoms with van der Waals surface area (Å²) in [6.45, 7) is 3.89. The zero-order valence-corrected chi connectivity index (χ0v) is 18.9. The van der Waals surface area contributed by atoms with Gasteiger partial charge in [-0.15, -0.1) is 24.8 Å². The van der Waals surface area contributed by atoms with Crippen LogP contribution >= 0.6 is 24.8 Å². The van der Waals surface area contributed by atoms with Crippen molar-refractivity contribution in [3.05, 3.63) is 65.0 Å². The molecule has 1 aliphatic carbocycles. The molecule has 1 amide bonds. The van der Waals surface area contributed by atoms with Gasteiger partial charge in [-0.05, 0) is 85.7 Å². The molecular formula is C24H31Cl2N3O. The minimum Gasteiger partial charge on any atom is -0.339 e. The summed E-state index contributed by atoms with van der Waals surface area (Å²) in [5.74, 6) is 0.824. The van der Waals surface area contributed by atoms with E-state index in [0.29, 0.717) is 11.3 Å². The molecule has 2 aliphatic heterocycles. The molecule has 30 heavy (non-hydrogen) atoms. The average Bonchev–Trinajstić information content (AvgIpc) is 3.37. The van der Waals surface area contributed by atoms with Gasteiger partial charge in [-0.25, -0.2) is 0 Å². The topological polar surface area (TPSA) is 45.2 Å². The summed E-state index contributed by atoms with van der Waals surface area (Å²) in [6, 6.07) is 11.0. The first kappa shape index (κ1) is 23.1. The number of aromatic nitrogens is 1. The second-order valence-electron chi connectivity index (χ2n) is 8.87. The van der Waals surface area contributed by atoms with Crippen LogP contribution < -0.4 is 5.32 Å². The number of rotatable bonds is 3. The molecule has 2 saturated heterocycles. The van der Waals surface area contributed by atoms with Gasteiger partial charge in [0.15, 0.2) is 0 Å². The van der Waals surface area contributed by atoms with E-state index in [-0.39, 0.29) is 30.7 Å². The van der Waals surface area contributed by atoms with Crippen LogP contribution in [0.2, 0.25) is 0 Å². The van der Waals surface area contributed by atoms with Gasteiger partial charge in [0, 0.05) is 25.5 Å². The first-order valence-electron chi connectivity index (χ1n) is 10.8. The number of nitrogens with zero attached hydrogens (tertiary/aromatic N) is 2. The van der Waals surface area contributed by atoms with Crippen LogP contribution in [-0.2, 0) is 18.3 Å². The van der Waals surface area contributed by atoms with E-state index in [0.717, 1.165) is 51.0 Å². The minimum absolute atomic E-state index is 0. The van der Waals surface area contributed by atoms with E-state index in [1.807, 2.05) is 11.1 Å². The Labute approximate surface area is 191 Å². The van der Waals surface area contributed by atoms with Crippen molar-refractivity contribution in [2.75, 3.05) is 26.2 Å². The highest BCUT2D eigenvalue weighted by molar-refractivity contribution is 5.94. The summed E-state index contributed by atoms with van der Waals surface area (Å²) < 4.78 is 0. The Kier molecular flexibility index (Phi) is 7.43. The monoisotopic (exact) mass is 447 g/mol. The molecule has 1 aromatic carbocycles. The predicted octanol–water partition coefficient (Wildman–Crippen LogP) is 4.20. The van der Waals surface area contributed by atoms with Gasteiger partial charge in [0.25, 0.3) is 5.91 Å². The second kappa shape index (κ2) is 9.67. The number of carbonyl (C=O) groups excluding carboxylic acids is 1. The number of hydrogen-bond acceptors (Lipinski definition) is 3. The molecule has 1 spiro atoms. The van der Waals surface area contributed by atoms with Gasteiger partial charge in [-0.3, -0.25) is 9.78 Å². The number of aryl methyl sites for hydroxylation is 1. The summed E-state index contributed by atoms with van der Waals surface area (Å²) >= 11 is 0. The van der Waals surface area contributed by atoms with Gasteiger partial charge < -0.3 is 10.2 Å². The lowest BCUT2D eigenvalue weighted by Gasteiger charge is -2.40. The molecule has 1 N–H and O–H groups in total. The summed E-state index contributed by atoms with van der Waals surface area (Å²) in [4.78, 5) is 19.5. The van der Waals surface area contributed by atoms with Crippen molar-refractivity contribution in [2.45, 2.75) is 43.9 Å². The van der Waals surface area contributed by atoms with E-state index < -0.39 is 0 Å². The Morgan fingerprint density at radius 2 is 1.93 bits per heavy atom. The third-order valence-corrected chi connectivity index (χ3v) is 7.20. The van der Waals surface area contributed by atoms with E-state index in [9.17, 15) is 4.79 Å². The van der Waals surface area contributed by atoms with Crippen LogP contribution in [0.1, 0.15) is 52.7 Å². The van der Waals surface area contributed by atoms with Crippen molar-refractivity contribution in [1.29, 1.82) is 0 Å². The van der Waals surface area contributed by atoms with E-state index >= 15 is 0 Å². The number of hydrogen-bond donors (Lipinski definition) is 1. The van der Waals surface area contributed by atoms with Crippen molar-refractivity contribution in [3.8, 4) is 0 Å². The summed E-state index contributed by atoms with van der Waals surface area (Å²) in [5.41, 5.74) is 5.30. The highest BCUT2D eigenvalue weighted by atomic mass is 35.5. The summed E-state index contributed by atoms with van der Waals surface area (Å²) in [5, 5.41) is 3.42. The first-order chi connectivity index (χ1) is 13.7. The standard InChI is InChI=1S/C24H29N3O.2ClH/c28-23(21-14-19(16-26-17-21)13-18-6-10-25-15-18)27-11-8-24(9-12-27)7-5-20-3-1-2-4-22(20)24;;/h1-4,14,16-18,25H,5-13,15H2;2*1H. The number of amides is 1. The lowest BCUT2D eigenvalue weighted by molar-refractivity contribution is 0.0665. The van der Waals surface area contributed by atoms with Crippen LogP contribution in [0.15, 0.2) is 42.7 Å². The fourth-order valence-corrected chi connectivity index (χ4v) is 5.54. The molecule has 3 heterocycles. The molecule has 4 nitrogen and oxygen atoms in total. The molecule has 162 valence electrons. The lowest BCUT2D eigenvalue weighted by Crippen LogP contribution is -2.44. The van der Waals surface area contributed by atoms with Crippen LogP contribution in [0.3, 0.4) is 0 Å². The van der Waals surface area contributed by atoms with Crippen LogP contribution in [0.4, 0.5) is 0 Å². The van der Waals surface area contributed by atoms with Gasteiger partial charge in [0.05, 0.1) is 5.56 Å². The highest BCUT2D eigenvalue weighted by Gasteiger charge is 2.41. The van der Waals surface area contributed by atoms with Gasteiger partial charge in [-0.2, -0.15) is 0 Å². The number of piperidine rings is 1. The number of nitrogens with one attached hydrogen (secondary N) is 1. The Hall–Kier alpha value is -1.62. The molecule has 5 rings (SSSR count). The number of carbonyl (C=O) groups is 1. The van der Waals surface area contributed by atoms with Crippen molar-refractivity contribution in [2.24, 2.45) is 5.92 Å². The number of fused-ring (bicyclic) bond motifs is 2. The molecular weight excluding hydrogens is 417 g/mol. The zero-order chi connectivity index (χ0) is 19.0. The van der Waals surface area contributed by atoms with Crippen molar-refractivity contribution in [3.63, 3.8) is 0 Å². The second-order valence-corrected chi connectivity index (χ2v) is 8.87. The Balaban J connectivity index is 0.00000128. The maximum atomic E-state index is 13.1. The number of likely N-dealkylation sites (tertiary alicyclic amines) is 1. The fourth-order valence-electron chi connectivity index (χ4n) is 5.54. The van der Waals surface area contributed by atoms with Crippen molar-refractivity contribution >= 4 is 30.7 Å². The molecule has 3 aliphatic rings. The number of benzene rings is 1. The van der Waals surface area contributed by atoms with E-state index in [1.54, 1.807) is 6.20 Å². The Morgan fingerprint density at radius 3 is 2.70 bits per heavy atom. The van der Waals surface area contributed by atoms with Crippen LogP contribution in [0, 0.1) is 5.92 Å². The van der Waals surface area contributed by atoms with E-state index in [4.69, 9.17) is 0 Å². The highest BCUT2D eigenvalue weighted by Crippen LogP contribution is 2.46. The maximum Gasteiger partial charge on any atom is 0.255 e. The quantitative estimate of drug-likeness (QED) is 0.766. The molecule has 1 aromatic heterocycles. The molecule has 1 atom stereocenters. The van der Waals surface area contributed by atoms with Gasteiger partial charge in [0.1, 0.15) is 0 Å². The van der Waals surface area contributed by atoms with Crippen LogP contribution in [0.25, 0.3) is 0 Å². The lowest BCUT2D eigenvalue weighted by atomic mass is 9.74. The third kappa shape index (κ3) is 4.37. The molecule has 2 aromatic rings. The largest absolute Gasteiger partial charge is 0.339 e. The number of pyridine rings is 1. The molecule has 2 fully saturated rings. The van der Waals surface area contributed by atoms with Gasteiger partial charge in [-0.1, -0.05) is 24.3 Å². The van der Waals surface area contributed by atoms with Gasteiger partial charge in [0.2, 0.25) is 0 Å². The van der Waals surface area contributed by atoms with E-state index in [2.05, 4.69) is 40.6 Å².